The van der Waals surface area contributed by atoms with Crippen LogP contribution in [0.5, 0.6) is 40.2 Å². The lowest BCUT2D eigenvalue weighted by molar-refractivity contribution is -0.277. The minimum atomic E-state index is -1.93. The van der Waals surface area contributed by atoms with E-state index in [-0.39, 0.29) is 11.3 Å². The van der Waals surface area contributed by atoms with Crippen molar-refractivity contribution in [2.75, 3.05) is 13.7 Å². The first-order valence-electron chi connectivity index (χ1n) is 13.7. The summed E-state index contributed by atoms with van der Waals surface area (Å²) in [5, 5.41) is 112. The maximum Gasteiger partial charge on any atom is 0.239 e. The normalized spacial score (nSPS) is 31.5. The molecule has 0 bridgehead atoms. The van der Waals surface area contributed by atoms with E-state index < -0.39 is 125 Å². The second kappa shape index (κ2) is 12.6. The summed E-state index contributed by atoms with van der Waals surface area (Å²) < 4.78 is 33.4. The van der Waals surface area contributed by atoms with Gasteiger partial charge in [-0.1, -0.05) is 0 Å². The Bertz CT molecular complexity index is 1630. The van der Waals surface area contributed by atoms with E-state index in [1.54, 1.807) is 0 Å². The fourth-order valence-corrected chi connectivity index (χ4v) is 5.09. The van der Waals surface area contributed by atoms with Crippen molar-refractivity contribution in [3.8, 4) is 51.6 Å². The number of benzene rings is 2. The van der Waals surface area contributed by atoms with E-state index in [4.69, 9.17) is 28.1 Å². The van der Waals surface area contributed by atoms with Crippen molar-refractivity contribution in [2.45, 2.75) is 68.3 Å². The first-order valence-corrected chi connectivity index (χ1v) is 13.7. The molecule has 2 aliphatic heterocycles. The van der Waals surface area contributed by atoms with Gasteiger partial charge in [-0.05, 0) is 19.1 Å². The zero-order valence-corrected chi connectivity index (χ0v) is 24.0. The summed E-state index contributed by atoms with van der Waals surface area (Å²) in [6, 6.07) is 2.61. The first kappa shape index (κ1) is 33.3. The van der Waals surface area contributed by atoms with Crippen molar-refractivity contribution in [3.05, 3.63) is 28.4 Å². The fraction of sp³-hybridized carbons (Fsp3) is 0.464. The first-order chi connectivity index (χ1) is 21.7. The number of aliphatic hydroxyl groups is 7. The zero-order valence-electron chi connectivity index (χ0n) is 24.0. The molecule has 0 spiro atoms. The summed E-state index contributed by atoms with van der Waals surface area (Å²) in [5.41, 5.74) is -2.14. The molecular weight excluding hydrogens is 624 g/mol. The second-order valence-corrected chi connectivity index (χ2v) is 10.7. The highest BCUT2D eigenvalue weighted by Crippen LogP contribution is 2.47. The van der Waals surface area contributed by atoms with E-state index in [2.05, 4.69) is 0 Å². The Morgan fingerprint density at radius 1 is 0.739 bits per heavy atom. The number of fused-ring (bicyclic) bond motifs is 1. The molecule has 2 aromatic carbocycles. The Morgan fingerprint density at radius 2 is 1.30 bits per heavy atom. The highest BCUT2D eigenvalue weighted by Gasteiger charge is 2.46. The van der Waals surface area contributed by atoms with E-state index in [9.17, 15) is 61.0 Å². The minimum absolute atomic E-state index is 0.321. The molecule has 10 atom stereocenters. The zero-order chi connectivity index (χ0) is 33.8. The third-order valence-corrected chi connectivity index (χ3v) is 7.70. The summed E-state index contributed by atoms with van der Waals surface area (Å²) in [6.45, 7) is 0.544. The third kappa shape index (κ3) is 5.59. The number of phenolic OH excluding ortho intramolecular Hbond substituents is 4. The molecule has 5 rings (SSSR count). The maximum absolute atomic E-state index is 14.0. The molecule has 18 nitrogen and oxygen atoms in total. The Hall–Kier alpha value is -4.11. The lowest BCUT2D eigenvalue weighted by Gasteiger charge is -2.39. The van der Waals surface area contributed by atoms with Crippen LogP contribution in [0.2, 0.25) is 0 Å². The predicted molar refractivity (Wildman–Crippen MR) is 149 cm³/mol. The molecule has 11 N–H and O–H groups in total. The van der Waals surface area contributed by atoms with Crippen molar-refractivity contribution >= 4 is 11.0 Å². The third-order valence-electron chi connectivity index (χ3n) is 7.70. The molecule has 1 aromatic heterocycles. The van der Waals surface area contributed by atoms with Crippen molar-refractivity contribution in [2.24, 2.45) is 0 Å². The van der Waals surface area contributed by atoms with Crippen LogP contribution in [0, 0.1) is 0 Å². The largest absolute Gasteiger partial charge is 0.507 e. The summed E-state index contributed by atoms with van der Waals surface area (Å²) in [7, 11) is 1.13. The van der Waals surface area contributed by atoms with Crippen molar-refractivity contribution in [1.82, 2.24) is 0 Å². The average molecular weight is 657 g/mol. The van der Waals surface area contributed by atoms with Gasteiger partial charge < -0.3 is 84.3 Å². The van der Waals surface area contributed by atoms with Gasteiger partial charge in [0.2, 0.25) is 29.5 Å². The SMILES string of the molecule is COc1cc(O)c2c(=O)c(O[C@@H]3O[C@@H](C)[C@H](O)[C@@H](O)[C@H]3O)c(-c3cc(O)c(O)c(O)c3)oc2c1O[C@@H]1O[C@H](CO)[C@@H](O)[C@H](O)[C@H]1O. The van der Waals surface area contributed by atoms with E-state index in [1.807, 2.05) is 0 Å². The van der Waals surface area contributed by atoms with E-state index in [0.717, 1.165) is 25.3 Å². The highest BCUT2D eigenvalue weighted by molar-refractivity contribution is 5.93. The van der Waals surface area contributed by atoms with Gasteiger partial charge in [0.25, 0.3) is 0 Å². The fourth-order valence-electron chi connectivity index (χ4n) is 5.09. The number of aromatic hydroxyl groups is 4. The van der Waals surface area contributed by atoms with Gasteiger partial charge in [-0.15, -0.1) is 0 Å². The Kier molecular flexibility index (Phi) is 9.10. The lowest BCUT2D eigenvalue weighted by Crippen LogP contribution is -2.60. The molecule has 2 aliphatic rings. The van der Waals surface area contributed by atoms with Gasteiger partial charge in [0, 0.05) is 11.6 Å². The second-order valence-electron chi connectivity index (χ2n) is 10.7. The molecule has 0 radical (unpaired) electrons. The van der Waals surface area contributed by atoms with Gasteiger partial charge in [-0.3, -0.25) is 4.79 Å². The van der Waals surface area contributed by atoms with E-state index in [0.29, 0.717) is 0 Å². The molecule has 2 saturated heterocycles. The lowest BCUT2D eigenvalue weighted by atomic mass is 9.99. The van der Waals surface area contributed by atoms with Gasteiger partial charge in [0.05, 0.1) is 19.8 Å². The van der Waals surface area contributed by atoms with E-state index >= 15 is 0 Å². The highest BCUT2D eigenvalue weighted by atomic mass is 16.7. The molecule has 2 fully saturated rings. The average Bonchev–Trinajstić information content (AvgIpc) is 3.02. The number of aliphatic hydroxyl groups excluding tert-OH is 7. The van der Waals surface area contributed by atoms with Gasteiger partial charge in [0.1, 0.15) is 53.9 Å². The summed E-state index contributed by atoms with van der Waals surface area (Å²) in [4.78, 5) is 14.0. The molecule has 3 heterocycles. The Morgan fingerprint density at radius 3 is 1.89 bits per heavy atom. The van der Waals surface area contributed by atoms with Crippen molar-refractivity contribution < 1.29 is 84.3 Å². The molecule has 0 aliphatic carbocycles. The molecule has 0 amide bonds. The number of hydrogen-bond acceptors (Lipinski definition) is 18. The summed E-state index contributed by atoms with van der Waals surface area (Å²) in [6.07, 6.45) is -17.0. The van der Waals surface area contributed by atoms with Crippen LogP contribution in [-0.2, 0) is 9.47 Å². The summed E-state index contributed by atoms with van der Waals surface area (Å²) >= 11 is 0. The van der Waals surface area contributed by atoms with Crippen molar-refractivity contribution in [1.29, 1.82) is 0 Å². The van der Waals surface area contributed by atoms with Gasteiger partial charge in [0.15, 0.2) is 34.3 Å². The van der Waals surface area contributed by atoms with Crippen LogP contribution in [-0.4, -0.2) is 131 Å². The predicted octanol–water partition coefficient (Wildman–Crippen LogP) is -2.32. The minimum Gasteiger partial charge on any atom is -0.507 e. The van der Waals surface area contributed by atoms with Crippen LogP contribution in [0.1, 0.15) is 6.92 Å². The van der Waals surface area contributed by atoms with Crippen LogP contribution in [0.3, 0.4) is 0 Å². The smallest absolute Gasteiger partial charge is 0.239 e. The molecule has 46 heavy (non-hydrogen) atoms. The molecule has 0 unspecified atom stereocenters. The van der Waals surface area contributed by atoms with Gasteiger partial charge in [-0.25, -0.2) is 0 Å². The molecule has 0 saturated carbocycles. The number of hydrogen-bond donors (Lipinski definition) is 11. The van der Waals surface area contributed by atoms with Crippen LogP contribution >= 0.6 is 0 Å². The summed E-state index contributed by atoms with van der Waals surface area (Å²) in [5.74, 6) is -5.78. The van der Waals surface area contributed by atoms with Crippen molar-refractivity contribution in [3.63, 3.8) is 0 Å². The monoisotopic (exact) mass is 656 g/mol. The standard InChI is InChI=1S/C28H32O18/c1-7-15(33)19(37)21(39)27(42-7)46-26-18(36)14-9(30)5-12(41-2)24(45-28-22(40)20(38)17(35)13(6-29)43-28)25(14)44-23(26)8-3-10(31)16(34)11(32)4-8/h3-5,7,13,15,17,19-22,27-35,37-40H,6H2,1-2H3/t7-,13+,15-,17+,19+,20-,21+,22+,27-,28-/m0/s1. The van der Waals surface area contributed by atoms with Crippen LogP contribution in [0.15, 0.2) is 27.4 Å². The quantitative estimate of drug-likeness (QED) is 0.119. The molecule has 252 valence electrons. The maximum atomic E-state index is 14.0. The number of phenols is 4. The number of rotatable bonds is 7. The number of ether oxygens (including phenoxy) is 5. The molecule has 18 heteroatoms. The van der Waals surface area contributed by atoms with E-state index in [1.165, 1.54) is 6.92 Å². The number of methoxy groups -OCH3 is 1. The molecule has 3 aromatic rings. The Labute approximate surface area is 257 Å². The van der Waals surface area contributed by atoms with Gasteiger partial charge in [-0.2, -0.15) is 0 Å². The molecular formula is C28H32O18. The van der Waals surface area contributed by atoms with Gasteiger partial charge >= 0.3 is 0 Å². The van der Waals surface area contributed by atoms with Crippen LogP contribution in [0.25, 0.3) is 22.3 Å². The van der Waals surface area contributed by atoms with Crippen LogP contribution < -0.4 is 19.6 Å². The topological polar surface area (TPSA) is 299 Å². The van der Waals surface area contributed by atoms with Crippen LogP contribution in [0.4, 0.5) is 0 Å². The Balaban J connectivity index is 1.74.